The molecule has 0 spiro atoms. The van der Waals surface area contributed by atoms with Gasteiger partial charge in [0.05, 0.1) is 16.1 Å². The highest BCUT2D eigenvalue weighted by Crippen LogP contribution is 2.30. The first-order valence-electron chi connectivity index (χ1n) is 7.92. The van der Waals surface area contributed by atoms with Gasteiger partial charge in [-0.2, -0.15) is 0 Å². The lowest BCUT2D eigenvalue weighted by Crippen LogP contribution is -2.12. The fourth-order valence-corrected chi connectivity index (χ4v) is 3.86. The summed E-state index contributed by atoms with van der Waals surface area (Å²) in [6.07, 6.45) is 0. The van der Waals surface area contributed by atoms with Crippen molar-refractivity contribution >= 4 is 33.7 Å². The number of rotatable bonds is 5. The molecule has 0 aliphatic heterocycles. The summed E-state index contributed by atoms with van der Waals surface area (Å²) in [5, 5.41) is 7.37. The van der Waals surface area contributed by atoms with Crippen molar-refractivity contribution in [2.75, 3.05) is 5.32 Å². The molecule has 4 aromatic rings. The molecule has 6 heteroatoms. The number of benzene rings is 2. The molecule has 4 nitrogen and oxygen atoms in total. The van der Waals surface area contributed by atoms with E-state index in [9.17, 15) is 4.79 Å². The number of aromatic nitrogens is 1. The van der Waals surface area contributed by atoms with Crippen molar-refractivity contribution in [2.24, 2.45) is 0 Å². The van der Waals surface area contributed by atoms with Gasteiger partial charge in [-0.25, -0.2) is 4.98 Å². The van der Waals surface area contributed by atoms with Crippen LogP contribution in [0.1, 0.15) is 10.4 Å². The monoisotopic (exact) mass is 378 g/mol. The number of thiophene rings is 1. The van der Waals surface area contributed by atoms with Gasteiger partial charge in [0.25, 0.3) is 5.91 Å². The Morgan fingerprint density at radius 3 is 2.54 bits per heavy atom. The highest BCUT2D eigenvalue weighted by molar-refractivity contribution is 7.16. The van der Waals surface area contributed by atoms with Crippen molar-refractivity contribution < 1.29 is 9.53 Å². The van der Waals surface area contributed by atoms with Crippen LogP contribution in [0.25, 0.3) is 10.6 Å². The molecule has 0 unspecified atom stereocenters. The highest BCUT2D eigenvalue weighted by atomic mass is 32.1. The Morgan fingerprint density at radius 1 is 0.923 bits per heavy atom. The van der Waals surface area contributed by atoms with Crippen LogP contribution in [0.4, 0.5) is 5.13 Å². The molecule has 1 N–H and O–H groups in total. The Morgan fingerprint density at radius 2 is 1.73 bits per heavy atom. The van der Waals surface area contributed by atoms with Crippen molar-refractivity contribution in [2.45, 2.75) is 0 Å². The summed E-state index contributed by atoms with van der Waals surface area (Å²) < 4.78 is 5.86. The summed E-state index contributed by atoms with van der Waals surface area (Å²) >= 11 is 3.02. The molecule has 128 valence electrons. The topological polar surface area (TPSA) is 51.2 Å². The molecule has 0 saturated heterocycles. The predicted molar refractivity (Wildman–Crippen MR) is 106 cm³/mol. The summed E-state index contributed by atoms with van der Waals surface area (Å²) in [5.41, 5.74) is 1.33. The molecule has 0 radical (unpaired) electrons. The molecule has 2 aromatic heterocycles. The summed E-state index contributed by atoms with van der Waals surface area (Å²) in [6.45, 7) is 0. The normalized spacial score (nSPS) is 10.5. The maximum Gasteiger partial charge on any atom is 0.261 e. The molecular weight excluding hydrogens is 364 g/mol. The highest BCUT2D eigenvalue weighted by Gasteiger charge is 2.15. The molecule has 0 bridgehead atoms. The Bertz CT molecular complexity index is 1010. The second-order valence-corrected chi connectivity index (χ2v) is 7.19. The predicted octanol–water partition coefficient (Wildman–Crippen LogP) is 5.92. The summed E-state index contributed by atoms with van der Waals surface area (Å²) in [4.78, 5) is 18.3. The standard InChI is InChI=1S/C20H14N2O2S2/c23-19(22-20-21-16(13-26-20)18-11-6-12-25-18)15-9-4-5-10-17(15)24-14-7-2-1-3-8-14/h1-13H,(H,21,22,23). The van der Waals surface area contributed by atoms with E-state index in [0.29, 0.717) is 22.2 Å². The second kappa shape index (κ2) is 7.51. The van der Waals surface area contributed by atoms with E-state index in [-0.39, 0.29) is 5.91 Å². The van der Waals surface area contributed by atoms with E-state index in [4.69, 9.17) is 4.74 Å². The number of para-hydroxylation sites is 2. The van der Waals surface area contributed by atoms with Crippen LogP contribution >= 0.6 is 22.7 Å². The third-order valence-corrected chi connectivity index (χ3v) is 5.25. The van der Waals surface area contributed by atoms with E-state index in [2.05, 4.69) is 10.3 Å². The lowest BCUT2D eigenvalue weighted by atomic mass is 10.2. The Balaban J connectivity index is 1.53. The van der Waals surface area contributed by atoms with Gasteiger partial charge in [0, 0.05) is 5.38 Å². The minimum atomic E-state index is -0.247. The number of anilines is 1. The molecule has 1 amide bonds. The lowest BCUT2D eigenvalue weighted by molar-refractivity contribution is 0.102. The minimum Gasteiger partial charge on any atom is -0.457 e. The second-order valence-electron chi connectivity index (χ2n) is 5.38. The number of hydrogen-bond acceptors (Lipinski definition) is 5. The van der Waals surface area contributed by atoms with Crippen LogP contribution in [0.15, 0.2) is 77.5 Å². The molecule has 4 rings (SSSR count). The molecule has 2 heterocycles. The zero-order valence-corrected chi connectivity index (χ0v) is 15.2. The molecule has 0 aliphatic rings. The van der Waals surface area contributed by atoms with E-state index in [0.717, 1.165) is 10.6 Å². The first-order valence-corrected chi connectivity index (χ1v) is 9.68. The summed E-state index contributed by atoms with van der Waals surface area (Å²) in [5.74, 6) is 0.942. The average molecular weight is 378 g/mol. The van der Waals surface area contributed by atoms with Gasteiger partial charge in [-0.05, 0) is 35.7 Å². The summed E-state index contributed by atoms with van der Waals surface area (Å²) in [6, 6.07) is 20.6. The first-order chi connectivity index (χ1) is 12.8. The Hall–Kier alpha value is -2.96. The zero-order chi connectivity index (χ0) is 17.8. The molecule has 0 aliphatic carbocycles. The molecule has 0 saturated carbocycles. The fraction of sp³-hybridized carbons (Fsp3) is 0. The first kappa shape index (κ1) is 16.5. The largest absolute Gasteiger partial charge is 0.457 e. The van der Waals surface area contributed by atoms with E-state index < -0.39 is 0 Å². The molecule has 0 fully saturated rings. The minimum absolute atomic E-state index is 0.247. The van der Waals surface area contributed by atoms with Crippen LogP contribution in [0, 0.1) is 0 Å². The number of ether oxygens (including phenoxy) is 1. The van der Waals surface area contributed by atoms with Gasteiger partial charge in [-0.1, -0.05) is 36.4 Å². The van der Waals surface area contributed by atoms with Crippen LogP contribution < -0.4 is 10.1 Å². The summed E-state index contributed by atoms with van der Waals surface area (Å²) in [7, 11) is 0. The van der Waals surface area contributed by atoms with Crippen LogP contribution in [-0.2, 0) is 0 Å². The van der Waals surface area contributed by atoms with E-state index in [1.807, 2.05) is 65.4 Å². The molecule has 0 atom stereocenters. The Kier molecular flexibility index (Phi) is 4.77. The quantitative estimate of drug-likeness (QED) is 0.469. The number of thiazole rings is 1. The van der Waals surface area contributed by atoms with E-state index >= 15 is 0 Å². The van der Waals surface area contributed by atoms with Crippen LogP contribution in [0.3, 0.4) is 0 Å². The Labute approximate surface area is 158 Å². The van der Waals surface area contributed by atoms with Gasteiger partial charge in [-0.3, -0.25) is 10.1 Å². The van der Waals surface area contributed by atoms with Crippen molar-refractivity contribution in [3.8, 4) is 22.1 Å². The number of carbonyl (C=O) groups is 1. The maximum absolute atomic E-state index is 12.7. The molecule has 26 heavy (non-hydrogen) atoms. The number of nitrogens with one attached hydrogen (secondary N) is 1. The van der Waals surface area contributed by atoms with Gasteiger partial charge < -0.3 is 4.74 Å². The van der Waals surface area contributed by atoms with Gasteiger partial charge >= 0.3 is 0 Å². The van der Waals surface area contributed by atoms with Gasteiger partial charge in [0.2, 0.25) is 0 Å². The van der Waals surface area contributed by atoms with Crippen molar-refractivity contribution in [3.63, 3.8) is 0 Å². The van der Waals surface area contributed by atoms with Gasteiger partial charge in [0.1, 0.15) is 11.5 Å². The third kappa shape index (κ3) is 3.66. The van der Waals surface area contributed by atoms with Crippen LogP contribution in [0.2, 0.25) is 0 Å². The third-order valence-electron chi connectivity index (χ3n) is 3.60. The van der Waals surface area contributed by atoms with Gasteiger partial charge in [0.15, 0.2) is 5.13 Å². The van der Waals surface area contributed by atoms with Crippen molar-refractivity contribution in [1.82, 2.24) is 4.98 Å². The van der Waals surface area contributed by atoms with Crippen molar-refractivity contribution in [3.05, 3.63) is 83.1 Å². The number of hydrogen-bond donors (Lipinski definition) is 1. The molecule has 2 aromatic carbocycles. The number of nitrogens with zero attached hydrogens (tertiary/aromatic N) is 1. The van der Waals surface area contributed by atoms with E-state index in [1.54, 1.807) is 23.5 Å². The average Bonchev–Trinajstić information content (AvgIpc) is 3.34. The van der Waals surface area contributed by atoms with Crippen molar-refractivity contribution in [1.29, 1.82) is 0 Å². The fourth-order valence-electron chi connectivity index (χ4n) is 2.39. The van der Waals surface area contributed by atoms with Crippen LogP contribution in [-0.4, -0.2) is 10.9 Å². The lowest BCUT2D eigenvalue weighted by Gasteiger charge is -2.10. The molecular formula is C20H14N2O2S2. The number of amides is 1. The maximum atomic E-state index is 12.7. The van der Waals surface area contributed by atoms with Crippen LogP contribution in [0.5, 0.6) is 11.5 Å². The SMILES string of the molecule is O=C(Nc1nc(-c2cccs2)cs1)c1ccccc1Oc1ccccc1. The zero-order valence-electron chi connectivity index (χ0n) is 13.6. The van der Waals surface area contributed by atoms with E-state index in [1.165, 1.54) is 11.3 Å². The smallest absolute Gasteiger partial charge is 0.261 e. The van der Waals surface area contributed by atoms with Gasteiger partial charge in [-0.15, -0.1) is 22.7 Å². The number of carbonyl (C=O) groups excluding carboxylic acids is 1.